The Kier molecular flexibility index (Phi) is 3.88. The Balaban J connectivity index is 2.37. The summed E-state index contributed by atoms with van der Waals surface area (Å²) in [5.41, 5.74) is 4.43. The van der Waals surface area contributed by atoms with Gasteiger partial charge in [0.25, 0.3) is 0 Å². The summed E-state index contributed by atoms with van der Waals surface area (Å²) in [7, 11) is 0. The van der Waals surface area contributed by atoms with Crippen LogP contribution in [-0.4, -0.2) is 11.2 Å². The third-order valence-electron chi connectivity index (χ3n) is 2.90. The fourth-order valence-corrected chi connectivity index (χ4v) is 1.91. The number of para-hydroxylation sites is 1. The topological polar surface area (TPSA) is 25.2 Å². The molecule has 18 heavy (non-hydrogen) atoms. The van der Waals surface area contributed by atoms with E-state index >= 15 is 0 Å². The average Bonchev–Trinajstić information content (AvgIpc) is 2.38. The summed E-state index contributed by atoms with van der Waals surface area (Å²) >= 11 is 0. The van der Waals surface area contributed by atoms with E-state index in [0.29, 0.717) is 5.92 Å². The van der Waals surface area contributed by atoms with Crippen molar-refractivity contribution in [2.24, 2.45) is 4.99 Å². The standard InChI is InChI=1S/C16H18N2/c1-12(2)15-9-6-7-13(3)16(15)18-11-14-8-4-5-10-17-14/h4-12H,1-3H3/b18-11+. The van der Waals surface area contributed by atoms with E-state index in [1.54, 1.807) is 6.20 Å². The molecule has 0 unspecified atom stereocenters. The summed E-state index contributed by atoms with van der Waals surface area (Å²) in [5, 5.41) is 0. The van der Waals surface area contributed by atoms with Crippen molar-refractivity contribution in [1.82, 2.24) is 4.98 Å². The third kappa shape index (κ3) is 2.83. The Morgan fingerprint density at radius 3 is 2.61 bits per heavy atom. The van der Waals surface area contributed by atoms with Crippen LogP contribution in [0.4, 0.5) is 5.69 Å². The Hall–Kier alpha value is -1.96. The van der Waals surface area contributed by atoms with Crippen molar-refractivity contribution < 1.29 is 0 Å². The van der Waals surface area contributed by atoms with Gasteiger partial charge in [-0.25, -0.2) is 0 Å². The molecule has 0 bridgehead atoms. The van der Waals surface area contributed by atoms with Gasteiger partial charge in [-0.1, -0.05) is 38.1 Å². The highest BCUT2D eigenvalue weighted by molar-refractivity contribution is 5.80. The van der Waals surface area contributed by atoms with Crippen LogP contribution in [0.2, 0.25) is 0 Å². The predicted octanol–water partition coefficient (Wildman–Crippen LogP) is 4.26. The summed E-state index contributed by atoms with van der Waals surface area (Å²) < 4.78 is 0. The van der Waals surface area contributed by atoms with Gasteiger partial charge in [0.05, 0.1) is 17.6 Å². The third-order valence-corrected chi connectivity index (χ3v) is 2.90. The molecule has 1 heterocycles. The van der Waals surface area contributed by atoms with Gasteiger partial charge in [-0.3, -0.25) is 9.98 Å². The number of hydrogen-bond acceptors (Lipinski definition) is 2. The lowest BCUT2D eigenvalue weighted by atomic mass is 9.98. The zero-order chi connectivity index (χ0) is 13.0. The maximum Gasteiger partial charge on any atom is 0.0812 e. The smallest absolute Gasteiger partial charge is 0.0812 e. The molecule has 1 aromatic carbocycles. The number of aromatic nitrogens is 1. The average molecular weight is 238 g/mol. The zero-order valence-electron chi connectivity index (χ0n) is 11.1. The summed E-state index contributed by atoms with van der Waals surface area (Å²) in [4.78, 5) is 8.86. The summed E-state index contributed by atoms with van der Waals surface area (Å²) in [6.45, 7) is 6.47. The van der Waals surface area contributed by atoms with E-state index in [2.05, 4.69) is 48.9 Å². The zero-order valence-corrected chi connectivity index (χ0v) is 11.1. The lowest BCUT2D eigenvalue weighted by Gasteiger charge is -2.11. The van der Waals surface area contributed by atoms with Crippen molar-refractivity contribution in [3.8, 4) is 0 Å². The SMILES string of the molecule is Cc1cccc(C(C)C)c1/N=C/c1ccccn1. The fourth-order valence-electron chi connectivity index (χ4n) is 1.91. The Morgan fingerprint density at radius 2 is 1.94 bits per heavy atom. The minimum absolute atomic E-state index is 0.473. The van der Waals surface area contributed by atoms with Gasteiger partial charge in [-0.05, 0) is 36.1 Å². The van der Waals surface area contributed by atoms with E-state index in [-0.39, 0.29) is 0 Å². The highest BCUT2D eigenvalue weighted by atomic mass is 14.8. The normalized spacial score (nSPS) is 11.3. The molecule has 0 radical (unpaired) electrons. The van der Waals surface area contributed by atoms with Crippen molar-refractivity contribution in [2.75, 3.05) is 0 Å². The molecule has 0 amide bonds. The molecule has 0 saturated carbocycles. The van der Waals surface area contributed by atoms with Crippen LogP contribution < -0.4 is 0 Å². The molecule has 1 aromatic heterocycles. The second kappa shape index (κ2) is 5.58. The monoisotopic (exact) mass is 238 g/mol. The first-order chi connectivity index (χ1) is 8.68. The van der Waals surface area contributed by atoms with Crippen molar-refractivity contribution in [2.45, 2.75) is 26.7 Å². The van der Waals surface area contributed by atoms with Gasteiger partial charge < -0.3 is 0 Å². The van der Waals surface area contributed by atoms with Gasteiger partial charge in [0.15, 0.2) is 0 Å². The molecule has 2 rings (SSSR count). The Bertz CT molecular complexity index is 542. The van der Waals surface area contributed by atoms with Crippen LogP contribution in [0.1, 0.15) is 36.6 Å². The number of rotatable bonds is 3. The first-order valence-electron chi connectivity index (χ1n) is 6.23. The van der Waals surface area contributed by atoms with E-state index in [4.69, 9.17) is 0 Å². The molecule has 0 fully saturated rings. The molecule has 2 heteroatoms. The summed E-state index contributed by atoms with van der Waals surface area (Å²) in [5.74, 6) is 0.473. The van der Waals surface area contributed by atoms with Crippen molar-refractivity contribution in [3.63, 3.8) is 0 Å². The molecule has 0 saturated heterocycles. The van der Waals surface area contributed by atoms with Crippen molar-refractivity contribution in [3.05, 3.63) is 59.4 Å². The van der Waals surface area contributed by atoms with Crippen molar-refractivity contribution in [1.29, 1.82) is 0 Å². The van der Waals surface area contributed by atoms with Gasteiger partial charge in [0.1, 0.15) is 0 Å². The molecule has 0 spiro atoms. The van der Waals surface area contributed by atoms with Crippen LogP contribution in [-0.2, 0) is 0 Å². The quantitative estimate of drug-likeness (QED) is 0.733. The molecule has 0 atom stereocenters. The van der Waals surface area contributed by atoms with Crippen LogP contribution in [0, 0.1) is 6.92 Å². The van der Waals surface area contributed by atoms with Crippen LogP contribution >= 0.6 is 0 Å². The van der Waals surface area contributed by atoms with E-state index in [1.807, 2.05) is 24.4 Å². The number of nitrogens with zero attached hydrogens (tertiary/aromatic N) is 2. The van der Waals surface area contributed by atoms with E-state index in [0.717, 1.165) is 11.4 Å². The molecular weight excluding hydrogens is 220 g/mol. The molecular formula is C16H18N2. The van der Waals surface area contributed by atoms with Gasteiger partial charge in [0, 0.05) is 6.20 Å². The number of aryl methyl sites for hydroxylation is 1. The lowest BCUT2D eigenvalue weighted by Crippen LogP contribution is -1.91. The minimum atomic E-state index is 0.473. The maximum atomic E-state index is 4.61. The second-order valence-electron chi connectivity index (χ2n) is 4.68. The minimum Gasteiger partial charge on any atom is -0.255 e. The Labute approximate surface area is 108 Å². The van der Waals surface area contributed by atoms with E-state index in [1.165, 1.54) is 11.1 Å². The molecule has 0 aliphatic rings. The summed E-state index contributed by atoms with van der Waals surface area (Å²) in [6, 6.07) is 12.2. The van der Waals surface area contributed by atoms with Crippen molar-refractivity contribution >= 4 is 11.9 Å². The molecule has 2 nitrogen and oxygen atoms in total. The van der Waals surface area contributed by atoms with E-state index in [9.17, 15) is 0 Å². The van der Waals surface area contributed by atoms with Gasteiger partial charge in [0.2, 0.25) is 0 Å². The van der Waals surface area contributed by atoms with Crippen LogP contribution in [0.5, 0.6) is 0 Å². The number of benzene rings is 1. The lowest BCUT2D eigenvalue weighted by molar-refractivity contribution is 0.865. The number of pyridine rings is 1. The maximum absolute atomic E-state index is 4.61. The fraction of sp³-hybridized carbons (Fsp3) is 0.250. The van der Waals surface area contributed by atoms with E-state index < -0.39 is 0 Å². The second-order valence-corrected chi connectivity index (χ2v) is 4.68. The van der Waals surface area contributed by atoms with Gasteiger partial charge in [-0.2, -0.15) is 0 Å². The highest BCUT2D eigenvalue weighted by Gasteiger charge is 2.07. The first-order valence-corrected chi connectivity index (χ1v) is 6.23. The van der Waals surface area contributed by atoms with Crippen LogP contribution in [0.3, 0.4) is 0 Å². The van der Waals surface area contributed by atoms with Gasteiger partial charge >= 0.3 is 0 Å². The predicted molar refractivity (Wildman–Crippen MR) is 76.8 cm³/mol. The molecule has 2 aromatic rings. The number of hydrogen-bond donors (Lipinski definition) is 0. The summed E-state index contributed by atoms with van der Waals surface area (Å²) in [6.07, 6.45) is 3.61. The number of aliphatic imine (C=N–C) groups is 1. The van der Waals surface area contributed by atoms with Gasteiger partial charge in [-0.15, -0.1) is 0 Å². The van der Waals surface area contributed by atoms with Crippen LogP contribution in [0.25, 0.3) is 0 Å². The molecule has 92 valence electrons. The molecule has 0 aliphatic heterocycles. The Morgan fingerprint density at radius 1 is 1.11 bits per heavy atom. The van der Waals surface area contributed by atoms with Crippen LogP contribution in [0.15, 0.2) is 47.6 Å². The molecule has 0 aliphatic carbocycles. The largest absolute Gasteiger partial charge is 0.255 e. The first kappa shape index (κ1) is 12.5. The molecule has 0 N–H and O–H groups in total. The highest BCUT2D eigenvalue weighted by Crippen LogP contribution is 2.29.